The van der Waals surface area contributed by atoms with Crippen molar-refractivity contribution in [1.29, 1.82) is 5.41 Å². The van der Waals surface area contributed by atoms with Crippen molar-refractivity contribution < 1.29 is 24.2 Å². The van der Waals surface area contributed by atoms with E-state index in [1.54, 1.807) is 4.90 Å². The number of amides is 1. The molecule has 232 valence electrons. The molecule has 43 heavy (non-hydrogen) atoms. The third-order valence-corrected chi connectivity index (χ3v) is 9.14. The Morgan fingerprint density at radius 3 is 2.51 bits per heavy atom. The van der Waals surface area contributed by atoms with Crippen LogP contribution in [0.15, 0.2) is 40.4 Å². The molecule has 3 N–H and O–H groups in total. The number of aliphatic carboxylic acids is 1. The second-order valence-electron chi connectivity index (χ2n) is 10.6. The number of carboxylic acids is 1. The number of likely N-dealkylation sites (tertiary alicyclic amines) is 1. The number of hydrogen-bond donors (Lipinski definition) is 3. The van der Waals surface area contributed by atoms with E-state index in [1.165, 1.54) is 19.1 Å². The van der Waals surface area contributed by atoms with Crippen molar-refractivity contribution >= 4 is 53.3 Å². The number of allylic oxidation sites excluding steroid dienone is 1. The number of amidine groups is 1. The third-order valence-electron chi connectivity index (χ3n) is 7.89. The smallest absolute Gasteiger partial charge is 0.329 e. The van der Waals surface area contributed by atoms with Gasteiger partial charge in [0.15, 0.2) is 0 Å². The topological polar surface area (TPSA) is 130 Å². The minimum Gasteiger partial charge on any atom is -0.481 e. The molecule has 1 aliphatic carbocycles. The lowest BCUT2D eigenvalue weighted by Crippen LogP contribution is -2.57. The minimum atomic E-state index is -0.777. The number of carboxylic acid groups (broad SMARTS) is 1. The Hall–Kier alpha value is -3.28. The number of nitrogens with one attached hydrogen (secondary N) is 2. The quantitative estimate of drug-likeness (QED) is 0.169. The number of nitrogens with zero attached hydrogens (tertiary/aromatic N) is 3. The van der Waals surface area contributed by atoms with Gasteiger partial charge in [-0.25, -0.2) is 9.10 Å². The molecule has 2 fully saturated rings. The van der Waals surface area contributed by atoms with Crippen molar-refractivity contribution in [2.45, 2.75) is 63.6 Å². The number of piperidine rings is 1. The van der Waals surface area contributed by atoms with Crippen molar-refractivity contribution in [3.63, 3.8) is 0 Å². The minimum absolute atomic E-state index is 0.146. The van der Waals surface area contributed by atoms with Crippen LogP contribution in [0.25, 0.3) is 6.08 Å². The van der Waals surface area contributed by atoms with Gasteiger partial charge in [-0.05, 0) is 67.3 Å². The maximum absolute atomic E-state index is 13.3. The number of esters is 1. The van der Waals surface area contributed by atoms with Crippen LogP contribution in [0.5, 0.6) is 0 Å². The average Bonchev–Trinajstić information content (AvgIpc) is 3.29. The molecule has 1 aromatic carbocycles. The fourth-order valence-electron chi connectivity index (χ4n) is 5.56. The highest BCUT2D eigenvalue weighted by Crippen LogP contribution is 2.32. The first-order chi connectivity index (χ1) is 20.7. The summed E-state index contributed by atoms with van der Waals surface area (Å²) in [5.74, 6) is -1.42. The van der Waals surface area contributed by atoms with E-state index in [0.717, 1.165) is 51.7 Å². The number of aromatic nitrogens is 1. The van der Waals surface area contributed by atoms with E-state index in [1.807, 2.05) is 59.5 Å². The van der Waals surface area contributed by atoms with Gasteiger partial charge in [-0.2, -0.15) is 0 Å². The summed E-state index contributed by atoms with van der Waals surface area (Å²) < 4.78 is 6.95. The predicted octanol–water partition coefficient (Wildman–Crippen LogP) is 4.97. The summed E-state index contributed by atoms with van der Waals surface area (Å²) in [5.41, 5.74) is 3.75. The SMILES string of the molecule is CC.COC(=O)C1CN(Sc2cc3c([nH]2)CCCC(Cl)=C3)CC(=O)N1Cc1ccc(C(=N)N2CCC(C(=O)O)CC2)cc1. The fraction of sp³-hybridized carbons (Fsp3) is 0.484. The Kier molecular flexibility index (Phi) is 11.3. The first-order valence-corrected chi connectivity index (χ1v) is 15.9. The molecule has 0 saturated carbocycles. The van der Waals surface area contributed by atoms with Crippen LogP contribution in [0.3, 0.4) is 0 Å². The summed E-state index contributed by atoms with van der Waals surface area (Å²) in [5, 5.41) is 19.5. The fourth-order valence-corrected chi connectivity index (χ4v) is 6.83. The highest BCUT2D eigenvalue weighted by Gasteiger charge is 2.38. The number of ether oxygens (including phenoxy) is 1. The Bertz CT molecular complexity index is 1350. The number of aryl methyl sites for hydroxylation is 1. The predicted molar refractivity (Wildman–Crippen MR) is 168 cm³/mol. The van der Waals surface area contributed by atoms with Gasteiger partial charge >= 0.3 is 11.9 Å². The molecule has 3 aliphatic rings. The summed E-state index contributed by atoms with van der Waals surface area (Å²) >= 11 is 7.71. The maximum atomic E-state index is 13.3. The van der Waals surface area contributed by atoms with Crippen LogP contribution in [-0.2, 0) is 32.1 Å². The standard InChI is InChI=1S/C29H34ClN5O5S.C2H6/c1-40-29(39)24-16-34(41-25-14-21-13-22(30)3-2-4-23(21)32-25)17-26(36)35(24)15-18-5-7-19(8-6-18)27(31)33-11-9-20(10-12-33)28(37)38;1-2/h5-8,13-14,20,24,31-32H,2-4,9-12,15-17H2,1H3,(H,37,38);1-2H3. The van der Waals surface area contributed by atoms with Gasteiger partial charge in [0.25, 0.3) is 0 Å². The van der Waals surface area contributed by atoms with Gasteiger partial charge < -0.3 is 24.6 Å². The average molecular weight is 630 g/mol. The molecule has 5 rings (SSSR count). The van der Waals surface area contributed by atoms with Crippen LogP contribution in [0.4, 0.5) is 0 Å². The van der Waals surface area contributed by atoms with Crippen molar-refractivity contribution in [3.8, 4) is 0 Å². The zero-order valence-corrected chi connectivity index (χ0v) is 26.5. The molecule has 10 nitrogen and oxygen atoms in total. The third kappa shape index (κ3) is 8.01. The molecule has 2 saturated heterocycles. The van der Waals surface area contributed by atoms with E-state index in [2.05, 4.69) is 4.98 Å². The molecule has 0 radical (unpaired) electrons. The zero-order valence-electron chi connectivity index (χ0n) is 24.9. The molecular weight excluding hydrogens is 590 g/mol. The van der Waals surface area contributed by atoms with Crippen LogP contribution in [0.1, 0.15) is 61.9 Å². The van der Waals surface area contributed by atoms with Gasteiger partial charge in [0.1, 0.15) is 11.9 Å². The Labute approximate surface area is 262 Å². The summed E-state index contributed by atoms with van der Waals surface area (Å²) in [6, 6.07) is 8.67. The number of carbonyl (C=O) groups is 3. The van der Waals surface area contributed by atoms with Crippen LogP contribution < -0.4 is 0 Å². The first-order valence-electron chi connectivity index (χ1n) is 14.8. The molecular formula is C31H40ClN5O5S. The van der Waals surface area contributed by atoms with Crippen LogP contribution in [-0.4, -0.2) is 87.2 Å². The number of hydrogen-bond acceptors (Lipinski definition) is 7. The van der Waals surface area contributed by atoms with E-state index < -0.39 is 18.0 Å². The number of benzene rings is 1. The van der Waals surface area contributed by atoms with Gasteiger partial charge in [0, 0.05) is 42.5 Å². The summed E-state index contributed by atoms with van der Waals surface area (Å²) in [6.45, 7) is 5.77. The monoisotopic (exact) mass is 629 g/mol. The van der Waals surface area contributed by atoms with E-state index in [0.29, 0.717) is 38.3 Å². The van der Waals surface area contributed by atoms with Crippen molar-refractivity contribution in [3.05, 3.63) is 57.7 Å². The molecule has 1 aromatic heterocycles. The van der Waals surface area contributed by atoms with Gasteiger partial charge in [0.05, 0.1) is 24.6 Å². The molecule has 2 aromatic rings. The molecule has 1 amide bonds. The van der Waals surface area contributed by atoms with Gasteiger partial charge in [-0.1, -0.05) is 49.7 Å². The Morgan fingerprint density at radius 1 is 1.16 bits per heavy atom. The largest absolute Gasteiger partial charge is 0.481 e. The molecule has 1 unspecified atom stereocenters. The normalized spacial score (nSPS) is 19.5. The summed E-state index contributed by atoms with van der Waals surface area (Å²) in [7, 11) is 1.33. The Balaban J connectivity index is 0.00000207. The highest BCUT2D eigenvalue weighted by molar-refractivity contribution is 7.97. The number of piperazine rings is 1. The molecule has 0 bridgehead atoms. The lowest BCUT2D eigenvalue weighted by molar-refractivity contribution is -0.156. The number of fused-ring (bicyclic) bond motifs is 1. The van der Waals surface area contributed by atoms with Crippen molar-refractivity contribution in [2.24, 2.45) is 5.92 Å². The van der Waals surface area contributed by atoms with Crippen LogP contribution in [0.2, 0.25) is 0 Å². The summed E-state index contributed by atoms with van der Waals surface area (Å²) in [6.07, 6.45) is 5.77. The lowest BCUT2D eigenvalue weighted by atomic mass is 9.96. The van der Waals surface area contributed by atoms with Crippen molar-refractivity contribution in [2.75, 3.05) is 33.3 Å². The first kappa shape index (κ1) is 32.6. The number of halogens is 1. The molecule has 12 heteroatoms. The lowest BCUT2D eigenvalue weighted by Gasteiger charge is -2.38. The van der Waals surface area contributed by atoms with Crippen LogP contribution in [0, 0.1) is 11.3 Å². The van der Waals surface area contributed by atoms with Gasteiger partial charge in [0.2, 0.25) is 5.91 Å². The number of H-pyrrole nitrogens is 1. The second kappa shape index (κ2) is 14.9. The summed E-state index contributed by atoms with van der Waals surface area (Å²) in [4.78, 5) is 44.2. The number of methoxy groups -OCH3 is 1. The molecule has 3 heterocycles. The van der Waals surface area contributed by atoms with Gasteiger partial charge in [-0.3, -0.25) is 15.0 Å². The molecule has 1 atom stereocenters. The number of aromatic amines is 1. The highest BCUT2D eigenvalue weighted by atomic mass is 35.5. The van der Waals surface area contributed by atoms with E-state index in [-0.39, 0.29) is 24.9 Å². The van der Waals surface area contributed by atoms with Gasteiger partial charge in [-0.15, -0.1) is 0 Å². The van der Waals surface area contributed by atoms with Crippen molar-refractivity contribution in [1.82, 2.24) is 19.1 Å². The van der Waals surface area contributed by atoms with E-state index in [9.17, 15) is 19.5 Å². The Morgan fingerprint density at radius 2 is 1.86 bits per heavy atom. The molecule has 2 aliphatic heterocycles. The van der Waals surface area contributed by atoms with E-state index in [4.69, 9.17) is 21.7 Å². The zero-order chi connectivity index (χ0) is 31.1. The number of carbonyl (C=O) groups excluding carboxylic acids is 2. The number of rotatable bonds is 7. The second-order valence-corrected chi connectivity index (χ2v) is 12.3. The maximum Gasteiger partial charge on any atom is 0.329 e. The van der Waals surface area contributed by atoms with E-state index >= 15 is 0 Å². The molecule has 0 spiro atoms. The van der Waals surface area contributed by atoms with Crippen LogP contribution >= 0.6 is 23.5 Å².